The Balaban J connectivity index is 1.15. The number of carboxylic acid groups (broad SMARTS) is 1. The molecular weight excluding hydrogens is 684 g/mol. The van der Waals surface area contributed by atoms with E-state index in [4.69, 9.17) is 18.9 Å². The first kappa shape index (κ1) is 40.0. The fourth-order valence-corrected chi connectivity index (χ4v) is 13.3. The van der Waals surface area contributed by atoms with Crippen LogP contribution in [0, 0.1) is 50.2 Å². The highest BCUT2D eigenvalue weighted by molar-refractivity contribution is 5.76. The Kier molecular flexibility index (Phi) is 10.2. The van der Waals surface area contributed by atoms with E-state index in [-0.39, 0.29) is 46.7 Å². The number of hydrogen-bond acceptors (Lipinski definition) is 11. The normalized spacial score (nSPS) is 55.1. The van der Waals surface area contributed by atoms with Gasteiger partial charge in [0.25, 0.3) is 0 Å². The van der Waals surface area contributed by atoms with E-state index < -0.39 is 78.2 Å². The fourth-order valence-electron chi connectivity index (χ4n) is 13.3. The maximum absolute atomic E-state index is 13.0. The van der Waals surface area contributed by atoms with Gasteiger partial charge in [0.2, 0.25) is 0 Å². The monoisotopic (exact) mass is 750 g/mol. The quantitative estimate of drug-likeness (QED) is 0.155. The topological polar surface area (TPSA) is 196 Å². The van der Waals surface area contributed by atoms with Gasteiger partial charge in [0.15, 0.2) is 12.6 Å². The summed E-state index contributed by atoms with van der Waals surface area (Å²) in [5.41, 5.74) is -0.239. The molecule has 7 N–H and O–H groups in total. The van der Waals surface area contributed by atoms with Gasteiger partial charge < -0.3 is 54.7 Å². The van der Waals surface area contributed by atoms with Crippen LogP contribution in [0.25, 0.3) is 0 Å². The smallest absolute Gasteiger partial charge is 0.310 e. The molecule has 6 fully saturated rings. The van der Waals surface area contributed by atoms with Gasteiger partial charge in [0, 0.05) is 5.41 Å². The zero-order chi connectivity index (χ0) is 38.7. The molecule has 12 nitrogen and oxygen atoms in total. The van der Waals surface area contributed by atoms with Crippen molar-refractivity contribution in [1.29, 1.82) is 0 Å². The second kappa shape index (κ2) is 13.5. The van der Waals surface area contributed by atoms with E-state index in [0.717, 1.165) is 51.4 Å². The van der Waals surface area contributed by atoms with Crippen molar-refractivity contribution in [2.24, 2.45) is 50.2 Å². The second-order valence-electron chi connectivity index (χ2n) is 20.0. The lowest BCUT2D eigenvalue weighted by Gasteiger charge is -2.71. The van der Waals surface area contributed by atoms with Crippen molar-refractivity contribution >= 4 is 5.97 Å². The van der Waals surface area contributed by atoms with Crippen molar-refractivity contribution in [3.63, 3.8) is 0 Å². The first-order valence-electron chi connectivity index (χ1n) is 20.2. The van der Waals surface area contributed by atoms with Crippen LogP contribution in [-0.2, 0) is 23.7 Å². The fraction of sp³-hybridized carbons (Fsp3) is 0.927. The predicted octanol–water partition coefficient (Wildman–Crippen LogP) is 3.52. The number of carboxylic acids is 1. The lowest BCUT2D eigenvalue weighted by atomic mass is 9.33. The summed E-state index contributed by atoms with van der Waals surface area (Å²) >= 11 is 0. The number of hydrogen-bond donors (Lipinski definition) is 7. The highest BCUT2D eigenvalue weighted by Gasteiger charge is 2.70. The number of carbonyl (C=O) groups is 1. The molecule has 2 heterocycles. The Morgan fingerprint density at radius 3 is 2.21 bits per heavy atom. The molecule has 18 atom stereocenters. The number of ether oxygens (including phenoxy) is 4. The van der Waals surface area contributed by atoms with Crippen molar-refractivity contribution in [2.75, 3.05) is 13.2 Å². The van der Waals surface area contributed by atoms with Gasteiger partial charge in [-0.05, 0) is 111 Å². The number of allylic oxidation sites excluding steroid dienone is 2. The molecule has 2 unspecified atom stereocenters. The Labute approximate surface area is 314 Å². The van der Waals surface area contributed by atoms with Gasteiger partial charge >= 0.3 is 5.97 Å². The minimum absolute atomic E-state index is 0.0360. The molecule has 0 radical (unpaired) electrons. The molecule has 0 bridgehead atoms. The predicted molar refractivity (Wildman–Crippen MR) is 192 cm³/mol. The van der Waals surface area contributed by atoms with Crippen molar-refractivity contribution in [3.05, 3.63) is 11.6 Å². The van der Waals surface area contributed by atoms with Crippen LogP contribution in [0.4, 0.5) is 0 Å². The zero-order valence-electron chi connectivity index (χ0n) is 32.7. The van der Waals surface area contributed by atoms with E-state index in [2.05, 4.69) is 47.6 Å². The summed E-state index contributed by atoms with van der Waals surface area (Å²) in [5.74, 6) is -0.194. The molecule has 53 heavy (non-hydrogen) atoms. The van der Waals surface area contributed by atoms with Crippen LogP contribution >= 0.6 is 0 Å². The Hall–Kier alpha value is -1.19. The second-order valence-corrected chi connectivity index (χ2v) is 20.0. The molecule has 12 heteroatoms. The van der Waals surface area contributed by atoms with Crippen LogP contribution in [0.1, 0.15) is 113 Å². The minimum atomic E-state index is -1.62. The molecule has 4 saturated carbocycles. The summed E-state index contributed by atoms with van der Waals surface area (Å²) in [7, 11) is 0. The number of aliphatic carboxylic acids is 1. The van der Waals surface area contributed by atoms with Gasteiger partial charge in [0.1, 0.15) is 36.6 Å². The first-order chi connectivity index (χ1) is 24.7. The number of rotatable bonds is 6. The average molecular weight is 751 g/mol. The van der Waals surface area contributed by atoms with E-state index in [1.807, 2.05) is 0 Å². The molecule has 5 aliphatic carbocycles. The maximum Gasteiger partial charge on any atom is 0.310 e. The summed E-state index contributed by atoms with van der Waals surface area (Å²) in [6, 6.07) is 0. The third-order valence-corrected chi connectivity index (χ3v) is 17.0. The largest absolute Gasteiger partial charge is 0.481 e. The van der Waals surface area contributed by atoms with Crippen molar-refractivity contribution in [2.45, 2.75) is 174 Å². The van der Waals surface area contributed by atoms with Gasteiger partial charge in [-0.3, -0.25) is 4.79 Å². The third-order valence-electron chi connectivity index (χ3n) is 17.0. The number of aliphatic hydroxyl groups is 6. The standard InChI is InChI=1S/C41H66O12/c1-21-28(44)30(46)31(47)33(51-21)53-32-29(45)24(43)19-50-34(32)52-27-11-12-37(4)25(38(27,5)20-42)10-13-40(7)26(37)9-8-22-23-18-36(2,3)14-16-41(23,35(48)49)17-15-39(22,40)6/h8,21,23-34,42-47H,9-20H2,1-7H3,(H,48,49)/t21-,23+,24-,25?,26?,27+,28-,29-,30-,31+,32+,33-,34-,37+,38+,39-,40-,41+/m1/s1. The Bertz CT molecular complexity index is 1440. The van der Waals surface area contributed by atoms with Crippen LogP contribution in [0.15, 0.2) is 11.6 Å². The molecule has 7 aliphatic rings. The van der Waals surface area contributed by atoms with E-state index in [1.54, 1.807) is 0 Å². The summed E-state index contributed by atoms with van der Waals surface area (Å²) in [6.07, 6.45) is -1.79. The van der Waals surface area contributed by atoms with Gasteiger partial charge in [-0.1, -0.05) is 53.2 Å². The van der Waals surface area contributed by atoms with Crippen LogP contribution in [0.3, 0.4) is 0 Å². The lowest BCUT2D eigenvalue weighted by molar-refractivity contribution is -0.365. The van der Waals surface area contributed by atoms with Gasteiger partial charge in [-0.2, -0.15) is 0 Å². The van der Waals surface area contributed by atoms with Gasteiger partial charge in [-0.15, -0.1) is 0 Å². The SMILES string of the molecule is C[C@H]1O[C@H](O[C@@H]2[C@@H](O[C@H]3CC[C@@]4(C)C(CC[C@]5(C)C4CC=C4[C@@H]6CC(C)(C)CC[C@]6(C(=O)O)CC[C@]45C)[C@]3(C)CO)OC[C@@H](O)[C@H]2O)[C@@H](O)[C@H](O)[C@@H]1O. The van der Waals surface area contributed by atoms with Crippen molar-refractivity contribution < 1.29 is 59.5 Å². The van der Waals surface area contributed by atoms with Crippen molar-refractivity contribution in [3.8, 4) is 0 Å². The minimum Gasteiger partial charge on any atom is -0.481 e. The van der Waals surface area contributed by atoms with Crippen LogP contribution in [0.2, 0.25) is 0 Å². The molecule has 0 amide bonds. The van der Waals surface area contributed by atoms with Crippen LogP contribution < -0.4 is 0 Å². The highest BCUT2D eigenvalue weighted by Crippen LogP contribution is 2.76. The molecule has 0 aromatic heterocycles. The molecule has 0 spiro atoms. The third kappa shape index (κ3) is 5.85. The summed E-state index contributed by atoms with van der Waals surface area (Å²) in [5, 5.41) is 74.9. The molecule has 0 aromatic carbocycles. The lowest BCUT2D eigenvalue weighted by Crippen LogP contribution is -2.67. The summed E-state index contributed by atoms with van der Waals surface area (Å²) < 4.78 is 24.3. The molecule has 302 valence electrons. The van der Waals surface area contributed by atoms with Crippen LogP contribution in [0.5, 0.6) is 0 Å². The molecule has 0 aromatic rings. The van der Waals surface area contributed by atoms with Crippen LogP contribution in [-0.4, -0.2) is 116 Å². The number of fused-ring (bicyclic) bond motifs is 7. The van der Waals surface area contributed by atoms with Gasteiger partial charge in [-0.25, -0.2) is 0 Å². The molecule has 2 saturated heterocycles. The molecule has 7 rings (SSSR count). The van der Waals surface area contributed by atoms with Crippen molar-refractivity contribution in [1.82, 2.24) is 0 Å². The van der Waals surface area contributed by atoms with E-state index in [1.165, 1.54) is 12.5 Å². The molecular formula is C41H66O12. The maximum atomic E-state index is 13.0. The first-order valence-corrected chi connectivity index (χ1v) is 20.2. The Morgan fingerprint density at radius 2 is 1.53 bits per heavy atom. The zero-order valence-corrected chi connectivity index (χ0v) is 32.7. The van der Waals surface area contributed by atoms with Gasteiger partial charge in [0.05, 0.1) is 30.8 Å². The van der Waals surface area contributed by atoms with E-state index in [9.17, 15) is 40.5 Å². The highest BCUT2D eigenvalue weighted by atomic mass is 16.8. The molecule has 2 aliphatic heterocycles. The average Bonchev–Trinajstić information content (AvgIpc) is 3.10. The van der Waals surface area contributed by atoms with E-state index in [0.29, 0.717) is 18.8 Å². The summed E-state index contributed by atoms with van der Waals surface area (Å²) in [4.78, 5) is 13.0. The van der Waals surface area contributed by atoms with E-state index >= 15 is 0 Å². The summed E-state index contributed by atoms with van der Waals surface area (Å²) in [6.45, 7) is 15.1. The number of aliphatic hydroxyl groups excluding tert-OH is 6. The Morgan fingerprint density at radius 1 is 0.830 bits per heavy atom.